The molecule has 4 nitrogen and oxygen atoms in total. The van der Waals surface area contributed by atoms with Gasteiger partial charge in [-0.1, -0.05) is 54.6 Å². The summed E-state index contributed by atoms with van der Waals surface area (Å²) in [5, 5.41) is 0. The SMILES string of the molecule is Cc1ccc(OC2=N/C(=C\c3ccccc3)C(=O)N2c2ccccc2)cc1C. The van der Waals surface area contributed by atoms with Crippen LogP contribution < -0.4 is 9.64 Å². The highest BCUT2D eigenvalue weighted by Crippen LogP contribution is 2.27. The first-order valence-electron chi connectivity index (χ1n) is 9.12. The average molecular weight is 368 g/mol. The molecule has 1 aliphatic heterocycles. The summed E-state index contributed by atoms with van der Waals surface area (Å²) in [4.78, 5) is 19.1. The van der Waals surface area contributed by atoms with Crippen molar-refractivity contribution in [3.8, 4) is 5.75 Å². The van der Waals surface area contributed by atoms with Gasteiger partial charge >= 0.3 is 6.02 Å². The van der Waals surface area contributed by atoms with Crippen molar-refractivity contribution < 1.29 is 9.53 Å². The average Bonchev–Trinajstić information content (AvgIpc) is 3.01. The molecule has 1 heterocycles. The zero-order valence-electron chi connectivity index (χ0n) is 15.8. The molecule has 1 aliphatic rings. The predicted octanol–water partition coefficient (Wildman–Crippen LogP) is 5.13. The molecule has 0 saturated heterocycles. The molecule has 138 valence electrons. The van der Waals surface area contributed by atoms with Crippen LogP contribution >= 0.6 is 0 Å². The topological polar surface area (TPSA) is 41.9 Å². The van der Waals surface area contributed by atoms with E-state index in [4.69, 9.17) is 4.74 Å². The second kappa shape index (κ2) is 7.53. The van der Waals surface area contributed by atoms with Crippen molar-refractivity contribution in [2.45, 2.75) is 13.8 Å². The lowest BCUT2D eigenvalue weighted by molar-refractivity contribution is -0.113. The van der Waals surface area contributed by atoms with Crippen molar-refractivity contribution >= 4 is 23.7 Å². The van der Waals surface area contributed by atoms with Crippen LogP contribution in [0.4, 0.5) is 5.69 Å². The Morgan fingerprint density at radius 1 is 0.857 bits per heavy atom. The summed E-state index contributed by atoms with van der Waals surface area (Å²) in [6, 6.07) is 25.1. The van der Waals surface area contributed by atoms with E-state index in [1.165, 1.54) is 10.5 Å². The van der Waals surface area contributed by atoms with Crippen molar-refractivity contribution in [2.75, 3.05) is 4.90 Å². The molecule has 0 saturated carbocycles. The van der Waals surface area contributed by atoms with Gasteiger partial charge in [-0.2, -0.15) is 4.99 Å². The van der Waals surface area contributed by atoms with Crippen molar-refractivity contribution in [2.24, 2.45) is 4.99 Å². The van der Waals surface area contributed by atoms with Gasteiger partial charge in [0, 0.05) is 0 Å². The minimum absolute atomic E-state index is 0.214. The number of carbonyl (C=O) groups excluding carboxylic acids is 1. The molecule has 0 aliphatic carbocycles. The highest BCUT2D eigenvalue weighted by Gasteiger charge is 2.33. The van der Waals surface area contributed by atoms with Crippen LogP contribution in [0, 0.1) is 13.8 Å². The lowest BCUT2D eigenvalue weighted by Crippen LogP contribution is -2.35. The fourth-order valence-corrected chi connectivity index (χ4v) is 2.96. The van der Waals surface area contributed by atoms with Crippen molar-refractivity contribution in [1.29, 1.82) is 0 Å². The van der Waals surface area contributed by atoms with Gasteiger partial charge < -0.3 is 4.74 Å². The number of carbonyl (C=O) groups is 1. The Hall–Kier alpha value is -3.66. The van der Waals surface area contributed by atoms with Gasteiger partial charge in [-0.3, -0.25) is 4.79 Å². The first-order chi connectivity index (χ1) is 13.6. The predicted molar refractivity (Wildman–Crippen MR) is 112 cm³/mol. The molecule has 0 atom stereocenters. The Bertz CT molecular complexity index is 1070. The molecule has 0 aromatic heterocycles. The number of aliphatic imine (C=N–C) groups is 1. The number of amidine groups is 1. The molecular formula is C24H20N2O2. The van der Waals surface area contributed by atoms with E-state index >= 15 is 0 Å². The van der Waals surface area contributed by atoms with Gasteiger partial charge in [-0.25, -0.2) is 4.90 Å². The van der Waals surface area contributed by atoms with Crippen molar-refractivity contribution in [3.05, 3.63) is 101 Å². The number of hydrogen-bond acceptors (Lipinski definition) is 3. The fraction of sp³-hybridized carbons (Fsp3) is 0.0833. The number of amides is 1. The summed E-state index contributed by atoms with van der Waals surface area (Å²) in [7, 11) is 0. The van der Waals surface area contributed by atoms with E-state index < -0.39 is 0 Å². The van der Waals surface area contributed by atoms with Gasteiger partial charge in [-0.15, -0.1) is 0 Å². The number of ether oxygens (including phenoxy) is 1. The Morgan fingerprint density at radius 2 is 1.54 bits per heavy atom. The Labute approximate surface area is 164 Å². The van der Waals surface area contributed by atoms with Crippen LogP contribution in [0.5, 0.6) is 5.75 Å². The molecule has 1 amide bonds. The summed E-state index contributed by atoms with van der Waals surface area (Å²) in [5.41, 5.74) is 4.27. The Kier molecular flexibility index (Phi) is 4.77. The summed E-state index contributed by atoms with van der Waals surface area (Å²) in [6.45, 7) is 4.08. The minimum Gasteiger partial charge on any atom is -0.425 e. The van der Waals surface area contributed by atoms with E-state index in [-0.39, 0.29) is 11.9 Å². The summed E-state index contributed by atoms with van der Waals surface area (Å²) in [6.07, 6.45) is 1.77. The molecule has 3 aromatic rings. The summed E-state index contributed by atoms with van der Waals surface area (Å²) >= 11 is 0. The molecule has 0 bridgehead atoms. The van der Waals surface area contributed by atoms with Crippen LogP contribution in [0.1, 0.15) is 16.7 Å². The monoisotopic (exact) mass is 368 g/mol. The van der Waals surface area contributed by atoms with E-state index in [2.05, 4.69) is 4.99 Å². The molecule has 0 radical (unpaired) electrons. The molecule has 4 rings (SSSR count). The highest BCUT2D eigenvalue weighted by molar-refractivity contribution is 6.27. The number of rotatable bonds is 3. The number of para-hydroxylation sites is 1. The van der Waals surface area contributed by atoms with Gasteiger partial charge in [0.2, 0.25) is 0 Å². The number of hydrogen-bond donors (Lipinski definition) is 0. The molecule has 3 aromatic carbocycles. The molecule has 0 N–H and O–H groups in total. The van der Waals surface area contributed by atoms with Crippen LogP contribution in [0.25, 0.3) is 6.08 Å². The van der Waals surface area contributed by atoms with Crippen LogP contribution in [0.15, 0.2) is 89.6 Å². The lowest BCUT2D eigenvalue weighted by Gasteiger charge is -2.18. The maximum atomic E-state index is 13.1. The zero-order valence-corrected chi connectivity index (χ0v) is 15.8. The molecular weight excluding hydrogens is 348 g/mol. The van der Waals surface area contributed by atoms with E-state index in [9.17, 15) is 4.79 Å². The standard InChI is InChI=1S/C24H20N2O2/c1-17-13-14-21(15-18(17)2)28-24-25-22(16-19-9-5-3-6-10-19)23(27)26(24)20-11-7-4-8-12-20/h3-16H,1-2H3/b22-16-. The smallest absolute Gasteiger partial charge is 0.310 e. The van der Waals surface area contributed by atoms with E-state index in [1.807, 2.05) is 92.7 Å². The normalized spacial score (nSPS) is 15.1. The maximum Gasteiger partial charge on any atom is 0.310 e. The third kappa shape index (κ3) is 3.58. The highest BCUT2D eigenvalue weighted by atomic mass is 16.5. The number of aryl methyl sites for hydroxylation is 2. The van der Waals surface area contributed by atoms with Crippen molar-refractivity contribution in [3.63, 3.8) is 0 Å². The minimum atomic E-state index is -0.214. The van der Waals surface area contributed by atoms with Crippen LogP contribution in [-0.4, -0.2) is 11.9 Å². The Balaban J connectivity index is 1.74. The molecule has 28 heavy (non-hydrogen) atoms. The molecule has 0 unspecified atom stereocenters. The summed E-state index contributed by atoms with van der Waals surface area (Å²) < 4.78 is 6.03. The van der Waals surface area contributed by atoms with Gasteiger partial charge in [0.25, 0.3) is 5.91 Å². The molecule has 0 spiro atoms. The van der Waals surface area contributed by atoms with E-state index in [1.54, 1.807) is 6.08 Å². The van der Waals surface area contributed by atoms with Crippen LogP contribution in [0.3, 0.4) is 0 Å². The van der Waals surface area contributed by atoms with Gasteiger partial charge in [0.15, 0.2) is 0 Å². The van der Waals surface area contributed by atoms with Gasteiger partial charge in [0.05, 0.1) is 5.69 Å². The first-order valence-corrected chi connectivity index (χ1v) is 9.12. The van der Waals surface area contributed by atoms with Crippen LogP contribution in [0.2, 0.25) is 0 Å². The van der Waals surface area contributed by atoms with E-state index in [0.29, 0.717) is 17.1 Å². The maximum absolute atomic E-state index is 13.1. The molecule has 0 fully saturated rings. The number of nitrogens with zero attached hydrogens (tertiary/aromatic N) is 2. The number of anilines is 1. The van der Waals surface area contributed by atoms with Gasteiger partial charge in [0.1, 0.15) is 11.4 Å². The van der Waals surface area contributed by atoms with E-state index in [0.717, 1.165) is 11.1 Å². The largest absolute Gasteiger partial charge is 0.425 e. The lowest BCUT2D eigenvalue weighted by atomic mass is 10.1. The molecule has 4 heteroatoms. The Morgan fingerprint density at radius 3 is 2.21 bits per heavy atom. The third-order valence-corrected chi connectivity index (χ3v) is 4.63. The van der Waals surface area contributed by atoms with Crippen molar-refractivity contribution in [1.82, 2.24) is 0 Å². The van der Waals surface area contributed by atoms with Gasteiger partial charge in [-0.05, 0) is 60.9 Å². The number of benzene rings is 3. The summed E-state index contributed by atoms with van der Waals surface area (Å²) in [5.74, 6) is 0.436. The van der Waals surface area contributed by atoms with Crippen LogP contribution in [-0.2, 0) is 4.79 Å². The third-order valence-electron chi connectivity index (χ3n) is 4.63. The first kappa shape index (κ1) is 17.7. The second-order valence-corrected chi connectivity index (χ2v) is 6.66. The second-order valence-electron chi connectivity index (χ2n) is 6.66. The quantitative estimate of drug-likeness (QED) is 0.602. The zero-order chi connectivity index (χ0) is 19.5. The fourth-order valence-electron chi connectivity index (χ4n) is 2.96.